The molecule has 2 saturated heterocycles. The van der Waals surface area contributed by atoms with Crippen molar-refractivity contribution >= 4 is 5.91 Å². The first-order chi connectivity index (χ1) is 42.1. The number of ether oxygens (including phenoxy) is 4. The van der Waals surface area contributed by atoms with Crippen molar-refractivity contribution in [2.45, 2.75) is 408 Å². The third-order valence-corrected chi connectivity index (χ3v) is 18.1. The highest BCUT2D eigenvalue weighted by Crippen LogP contribution is 2.30. The number of hydrogen-bond acceptors (Lipinski definition) is 13. The third-order valence-electron chi connectivity index (χ3n) is 18.1. The molecule has 0 aliphatic carbocycles. The van der Waals surface area contributed by atoms with Crippen LogP contribution in [0.3, 0.4) is 0 Å². The van der Waals surface area contributed by atoms with Crippen LogP contribution in [0.25, 0.3) is 0 Å². The molecule has 0 aromatic heterocycles. The van der Waals surface area contributed by atoms with Gasteiger partial charge in [0, 0.05) is 6.42 Å². The molecule has 0 aromatic carbocycles. The molecule has 14 heteroatoms. The van der Waals surface area contributed by atoms with Gasteiger partial charge >= 0.3 is 0 Å². The van der Waals surface area contributed by atoms with Crippen LogP contribution in [0.5, 0.6) is 0 Å². The maximum Gasteiger partial charge on any atom is 0.220 e. The van der Waals surface area contributed by atoms with Gasteiger partial charge in [-0.2, -0.15) is 0 Å². The van der Waals surface area contributed by atoms with Crippen LogP contribution in [-0.4, -0.2) is 140 Å². The highest BCUT2D eigenvalue weighted by Gasteiger charge is 2.51. The van der Waals surface area contributed by atoms with Crippen molar-refractivity contribution < 1.29 is 64.6 Å². The summed E-state index contributed by atoms with van der Waals surface area (Å²) in [5.41, 5.74) is 0. The lowest BCUT2D eigenvalue weighted by molar-refractivity contribution is -0.359. The molecule has 0 aromatic rings. The van der Waals surface area contributed by atoms with Crippen LogP contribution in [0.2, 0.25) is 0 Å². The molecular weight excluding hydrogens is 1090 g/mol. The van der Waals surface area contributed by atoms with E-state index in [1.807, 2.05) is 6.08 Å². The summed E-state index contributed by atoms with van der Waals surface area (Å²) in [5, 5.41) is 87.4. The Morgan fingerprint density at radius 2 is 0.744 bits per heavy atom. The Bertz CT molecular complexity index is 1540. The van der Waals surface area contributed by atoms with Crippen molar-refractivity contribution in [2.75, 3.05) is 19.8 Å². The van der Waals surface area contributed by atoms with Crippen LogP contribution < -0.4 is 5.32 Å². The van der Waals surface area contributed by atoms with Crippen molar-refractivity contribution in [1.29, 1.82) is 0 Å². The first kappa shape index (κ1) is 80.6. The zero-order valence-corrected chi connectivity index (χ0v) is 55.3. The van der Waals surface area contributed by atoms with E-state index in [1.54, 1.807) is 6.08 Å². The molecule has 9 N–H and O–H groups in total. The summed E-state index contributed by atoms with van der Waals surface area (Å²) < 4.78 is 22.8. The molecular formula is C72H137NO13. The number of hydrogen-bond donors (Lipinski definition) is 9. The van der Waals surface area contributed by atoms with Gasteiger partial charge in [0.15, 0.2) is 12.6 Å². The Morgan fingerprint density at radius 1 is 0.407 bits per heavy atom. The topological polar surface area (TPSA) is 228 Å². The second-order valence-corrected chi connectivity index (χ2v) is 26.1. The highest BCUT2D eigenvalue weighted by atomic mass is 16.7. The van der Waals surface area contributed by atoms with Gasteiger partial charge in [-0.3, -0.25) is 4.79 Å². The maximum absolute atomic E-state index is 13.3. The molecule has 86 heavy (non-hydrogen) atoms. The Kier molecular flexibility index (Phi) is 53.7. The summed E-state index contributed by atoms with van der Waals surface area (Å²) in [6.07, 6.45) is 55.4. The van der Waals surface area contributed by atoms with Gasteiger partial charge in [-0.1, -0.05) is 321 Å². The lowest BCUT2D eigenvalue weighted by atomic mass is 9.97. The van der Waals surface area contributed by atoms with E-state index in [0.29, 0.717) is 12.8 Å². The number of carbonyl (C=O) groups excluding carboxylic acids is 1. The molecule has 2 heterocycles. The van der Waals surface area contributed by atoms with E-state index in [0.717, 1.165) is 32.1 Å². The molecule has 0 spiro atoms. The largest absolute Gasteiger partial charge is 0.394 e. The van der Waals surface area contributed by atoms with E-state index in [4.69, 9.17) is 18.9 Å². The molecule has 0 radical (unpaired) electrons. The van der Waals surface area contributed by atoms with E-state index in [2.05, 4.69) is 31.3 Å². The van der Waals surface area contributed by atoms with E-state index < -0.39 is 86.8 Å². The van der Waals surface area contributed by atoms with E-state index in [-0.39, 0.29) is 18.9 Å². The average Bonchev–Trinajstić information content (AvgIpc) is 2.72. The number of aliphatic hydroxyl groups is 8. The highest BCUT2D eigenvalue weighted by molar-refractivity contribution is 5.76. The third kappa shape index (κ3) is 41.1. The zero-order chi connectivity index (χ0) is 62.3. The van der Waals surface area contributed by atoms with E-state index in [9.17, 15) is 45.6 Å². The fourth-order valence-corrected chi connectivity index (χ4v) is 12.3. The molecule has 0 bridgehead atoms. The van der Waals surface area contributed by atoms with Crippen LogP contribution in [0.1, 0.15) is 335 Å². The SMILES string of the molecule is CCCCCCCCCCCCCCC/C=C/CC/C=C/C(O)C(COC1OC(CO)C(OC2OC(CO)C(O)C(O)C2O)C(O)C1O)NC(=O)CCCCCCCCCCCCCCCCCCCCCCCCCCCCCCCCCCC. The Balaban J connectivity index is 1.63. The first-order valence-corrected chi connectivity index (χ1v) is 36.6. The van der Waals surface area contributed by atoms with Crippen molar-refractivity contribution in [1.82, 2.24) is 5.32 Å². The van der Waals surface area contributed by atoms with Gasteiger partial charge in [0.2, 0.25) is 5.91 Å². The van der Waals surface area contributed by atoms with Gasteiger partial charge in [-0.25, -0.2) is 0 Å². The first-order valence-electron chi connectivity index (χ1n) is 36.6. The molecule has 0 saturated carbocycles. The van der Waals surface area contributed by atoms with Gasteiger partial charge in [-0.05, 0) is 32.1 Å². The standard InChI is InChI=1S/C72H137NO13/c1-3-5-7-9-11-13-15-17-19-21-23-24-25-26-27-28-29-30-31-32-33-34-35-36-38-40-42-44-46-48-50-52-54-56-64(77)73-60(61(76)55-53-51-49-47-45-43-41-39-37-22-20-18-16-14-12-10-8-6-4-2)59-83-71-69(82)67(80)70(63(58-75)85-71)86-72-68(81)66(79)65(78)62(57-74)84-72/h45,47,53,55,60-63,65-72,74-76,78-82H,3-44,46,48-52,54,56-59H2,1-2H3,(H,73,77)/b47-45+,55-53+. The normalized spacial score (nSPS) is 23.5. The summed E-state index contributed by atoms with van der Waals surface area (Å²) in [6.45, 7) is 2.83. The minimum atomic E-state index is -1.79. The molecule has 1 amide bonds. The van der Waals surface area contributed by atoms with Crippen LogP contribution in [0.4, 0.5) is 0 Å². The number of nitrogens with one attached hydrogen (secondary N) is 1. The van der Waals surface area contributed by atoms with Gasteiger partial charge in [-0.15, -0.1) is 0 Å². The van der Waals surface area contributed by atoms with E-state index >= 15 is 0 Å². The molecule has 2 fully saturated rings. The van der Waals surface area contributed by atoms with Gasteiger partial charge in [0.1, 0.15) is 48.8 Å². The molecule has 2 aliphatic rings. The fourth-order valence-electron chi connectivity index (χ4n) is 12.3. The number of unbranched alkanes of at least 4 members (excludes halogenated alkanes) is 46. The van der Waals surface area contributed by atoms with Crippen molar-refractivity contribution in [3.8, 4) is 0 Å². The van der Waals surface area contributed by atoms with Gasteiger partial charge in [0.05, 0.1) is 32.0 Å². The number of amides is 1. The molecule has 12 atom stereocenters. The lowest BCUT2D eigenvalue weighted by Crippen LogP contribution is -2.65. The summed E-state index contributed by atoms with van der Waals surface area (Å²) in [4.78, 5) is 13.3. The molecule has 14 nitrogen and oxygen atoms in total. The Morgan fingerprint density at radius 3 is 1.14 bits per heavy atom. The lowest BCUT2D eigenvalue weighted by Gasteiger charge is -2.46. The minimum absolute atomic E-state index is 0.241. The number of rotatable bonds is 61. The van der Waals surface area contributed by atoms with Gasteiger partial charge in [0.25, 0.3) is 0 Å². The zero-order valence-electron chi connectivity index (χ0n) is 55.3. The number of carbonyl (C=O) groups is 1. The molecule has 508 valence electrons. The predicted octanol–water partition coefficient (Wildman–Crippen LogP) is 15.1. The second kappa shape index (κ2) is 57.4. The van der Waals surface area contributed by atoms with Crippen LogP contribution in [0, 0.1) is 0 Å². The summed E-state index contributed by atoms with van der Waals surface area (Å²) in [7, 11) is 0. The summed E-state index contributed by atoms with van der Waals surface area (Å²) in [6, 6.07) is -0.929. The smallest absolute Gasteiger partial charge is 0.220 e. The second-order valence-electron chi connectivity index (χ2n) is 26.1. The van der Waals surface area contributed by atoms with Crippen LogP contribution in [0.15, 0.2) is 24.3 Å². The monoisotopic (exact) mass is 1220 g/mol. The molecule has 2 rings (SSSR count). The fraction of sp³-hybridized carbons (Fsp3) is 0.931. The summed E-state index contributed by atoms with van der Waals surface area (Å²) >= 11 is 0. The van der Waals surface area contributed by atoms with E-state index in [1.165, 1.54) is 270 Å². The maximum atomic E-state index is 13.3. The van der Waals surface area contributed by atoms with Crippen molar-refractivity contribution in [2.24, 2.45) is 0 Å². The van der Waals surface area contributed by atoms with Gasteiger partial charge < -0.3 is 65.1 Å². The van der Waals surface area contributed by atoms with Crippen molar-refractivity contribution in [3.05, 3.63) is 24.3 Å². The molecule has 12 unspecified atom stereocenters. The number of aliphatic hydroxyl groups excluding tert-OH is 8. The average molecular weight is 1220 g/mol. The summed E-state index contributed by atoms with van der Waals surface area (Å²) in [5.74, 6) is -0.241. The van der Waals surface area contributed by atoms with Crippen LogP contribution >= 0.6 is 0 Å². The quantitative estimate of drug-likeness (QED) is 0.0204. The number of allylic oxidation sites excluding steroid dienone is 3. The Labute approximate surface area is 526 Å². The van der Waals surface area contributed by atoms with Crippen LogP contribution in [-0.2, 0) is 23.7 Å². The Hall–Kier alpha value is -1.53. The minimum Gasteiger partial charge on any atom is -0.394 e. The molecule has 2 aliphatic heterocycles. The predicted molar refractivity (Wildman–Crippen MR) is 351 cm³/mol. The van der Waals surface area contributed by atoms with Crippen molar-refractivity contribution in [3.63, 3.8) is 0 Å².